The van der Waals surface area contributed by atoms with Crippen LogP contribution in [0.4, 0.5) is 11.8 Å². The molecule has 2 heterocycles. The predicted molar refractivity (Wildman–Crippen MR) is 108 cm³/mol. The number of hydrogen-bond acceptors (Lipinski definition) is 5. The molecule has 5 heteroatoms. The summed E-state index contributed by atoms with van der Waals surface area (Å²) in [7, 11) is 1.73. The van der Waals surface area contributed by atoms with Gasteiger partial charge in [-0.2, -0.15) is 4.98 Å². The number of nitrogens with zero attached hydrogens (tertiary/aromatic N) is 3. The van der Waals surface area contributed by atoms with E-state index in [1.807, 2.05) is 0 Å². The zero-order chi connectivity index (χ0) is 18.2. The van der Waals surface area contributed by atoms with Crippen LogP contribution in [0.5, 0.6) is 5.75 Å². The summed E-state index contributed by atoms with van der Waals surface area (Å²) in [6, 6.07) is 9.20. The molecule has 0 unspecified atom stereocenters. The lowest BCUT2D eigenvalue weighted by Crippen LogP contribution is -2.31. The minimum atomic E-state index is 0.543. The van der Waals surface area contributed by atoms with Crippen LogP contribution in [0.25, 0.3) is 0 Å². The molecule has 0 saturated heterocycles. The summed E-state index contributed by atoms with van der Waals surface area (Å²) >= 11 is 0. The minimum absolute atomic E-state index is 0.543. The Morgan fingerprint density at radius 3 is 2.67 bits per heavy atom. The predicted octanol–water partition coefficient (Wildman–Crippen LogP) is 4.28. The minimum Gasteiger partial charge on any atom is -0.497 e. The third-order valence-electron chi connectivity index (χ3n) is 6.17. The number of aromatic nitrogens is 2. The third kappa shape index (κ3) is 3.60. The van der Waals surface area contributed by atoms with Gasteiger partial charge < -0.3 is 15.0 Å². The van der Waals surface area contributed by atoms with E-state index in [1.54, 1.807) is 7.11 Å². The van der Waals surface area contributed by atoms with Crippen LogP contribution in [0, 0.1) is 0 Å². The standard InChI is InChI=1S/C22H28N4O/c1-27-19-9-8-17-14-26(11-10-16(17)12-19)21-13-20(15-6-7-15)24-22(25-21)23-18-4-2-3-5-18/h8-9,12-13,15,18H,2-7,10-11,14H2,1H3,(H,23,24,25). The quantitative estimate of drug-likeness (QED) is 0.858. The van der Waals surface area contributed by atoms with Crippen LogP contribution < -0.4 is 15.0 Å². The van der Waals surface area contributed by atoms with Crippen LogP contribution in [0.15, 0.2) is 24.3 Å². The average molecular weight is 364 g/mol. The highest BCUT2D eigenvalue weighted by Gasteiger charge is 2.28. The van der Waals surface area contributed by atoms with Gasteiger partial charge in [0.25, 0.3) is 0 Å². The molecular weight excluding hydrogens is 336 g/mol. The Morgan fingerprint density at radius 2 is 1.89 bits per heavy atom. The molecule has 2 saturated carbocycles. The zero-order valence-electron chi connectivity index (χ0n) is 16.1. The summed E-state index contributed by atoms with van der Waals surface area (Å²) in [5.74, 6) is 3.50. The number of rotatable bonds is 5. The summed E-state index contributed by atoms with van der Waals surface area (Å²) in [4.78, 5) is 12.2. The Bertz CT molecular complexity index is 827. The number of ether oxygens (including phenoxy) is 1. The van der Waals surface area contributed by atoms with Crippen LogP contribution in [-0.2, 0) is 13.0 Å². The molecule has 5 rings (SSSR count). The van der Waals surface area contributed by atoms with E-state index < -0.39 is 0 Å². The van der Waals surface area contributed by atoms with Gasteiger partial charge in [-0.1, -0.05) is 18.9 Å². The largest absolute Gasteiger partial charge is 0.497 e. The highest BCUT2D eigenvalue weighted by molar-refractivity contribution is 5.50. The summed E-state index contributed by atoms with van der Waals surface area (Å²) in [5, 5.41) is 3.61. The maximum Gasteiger partial charge on any atom is 0.225 e. The molecule has 0 spiro atoms. The molecular formula is C22H28N4O. The molecule has 142 valence electrons. The highest BCUT2D eigenvalue weighted by Crippen LogP contribution is 2.40. The molecule has 1 aromatic heterocycles. The van der Waals surface area contributed by atoms with Crippen molar-refractivity contribution in [2.75, 3.05) is 23.9 Å². The summed E-state index contributed by atoms with van der Waals surface area (Å²) in [6.07, 6.45) is 8.68. The van der Waals surface area contributed by atoms with E-state index in [-0.39, 0.29) is 0 Å². The smallest absolute Gasteiger partial charge is 0.225 e. The van der Waals surface area contributed by atoms with Gasteiger partial charge in [0.2, 0.25) is 5.95 Å². The van der Waals surface area contributed by atoms with Gasteiger partial charge in [-0.05, 0) is 55.4 Å². The molecule has 0 amide bonds. The third-order valence-corrected chi connectivity index (χ3v) is 6.17. The van der Waals surface area contributed by atoms with Gasteiger partial charge in [-0.3, -0.25) is 0 Å². The van der Waals surface area contributed by atoms with E-state index in [2.05, 4.69) is 34.5 Å². The van der Waals surface area contributed by atoms with Crippen LogP contribution in [0.3, 0.4) is 0 Å². The van der Waals surface area contributed by atoms with Gasteiger partial charge in [0, 0.05) is 31.1 Å². The Balaban J connectivity index is 1.40. The normalized spacial score (nSPS) is 19.8. The summed E-state index contributed by atoms with van der Waals surface area (Å²) in [5.41, 5.74) is 3.99. The number of benzene rings is 1. The molecule has 1 N–H and O–H groups in total. The molecule has 27 heavy (non-hydrogen) atoms. The molecule has 5 nitrogen and oxygen atoms in total. The van der Waals surface area contributed by atoms with Gasteiger partial charge in [-0.15, -0.1) is 0 Å². The molecule has 3 aliphatic rings. The van der Waals surface area contributed by atoms with E-state index in [1.165, 1.54) is 55.3 Å². The number of fused-ring (bicyclic) bond motifs is 1. The maximum absolute atomic E-state index is 5.38. The second-order valence-corrected chi connectivity index (χ2v) is 8.18. The van der Waals surface area contributed by atoms with Gasteiger partial charge in [-0.25, -0.2) is 4.98 Å². The summed E-state index contributed by atoms with van der Waals surface area (Å²) in [6.45, 7) is 1.90. The fourth-order valence-corrected chi connectivity index (χ4v) is 4.37. The Morgan fingerprint density at radius 1 is 1.04 bits per heavy atom. The number of nitrogens with one attached hydrogen (secondary N) is 1. The highest BCUT2D eigenvalue weighted by atomic mass is 16.5. The van der Waals surface area contributed by atoms with Crippen molar-refractivity contribution in [1.29, 1.82) is 0 Å². The average Bonchev–Trinajstić information content (AvgIpc) is 3.44. The van der Waals surface area contributed by atoms with Crippen molar-refractivity contribution in [3.05, 3.63) is 41.1 Å². The van der Waals surface area contributed by atoms with E-state index in [4.69, 9.17) is 14.7 Å². The van der Waals surface area contributed by atoms with Gasteiger partial charge >= 0.3 is 0 Å². The molecule has 1 aliphatic heterocycles. The van der Waals surface area contributed by atoms with E-state index >= 15 is 0 Å². The second-order valence-electron chi connectivity index (χ2n) is 8.18. The van der Waals surface area contributed by atoms with Crippen molar-refractivity contribution in [3.63, 3.8) is 0 Å². The van der Waals surface area contributed by atoms with E-state index in [9.17, 15) is 0 Å². The lowest BCUT2D eigenvalue weighted by Gasteiger charge is -2.30. The van der Waals surface area contributed by atoms with Crippen molar-refractivity contribution in [2.24, 2.45) is 0 Å². The zero-order valence-corrected chi connectivity index (χ0v) is 16.1. The van der Waals surface area contributed by atoms with Crippen molar-refractivity contribution in [3.8, 4) is 5.75 Å². The van der Waals surface area contributed by atoms with Crippen LogP contribution in [-0.4, -0.2) is 29.7 Å². The van der Waals surface area contributed by atoms with Crippen LogP contribution in [0.1, 0.15) is 61.3 Å². The molecule has 2 fully saturated rings. The lowest BCUT2D eigenvalue weighted by atomic mass is 9.99. The van der Waals surface area contributed by atoms with Crippen molar-refractivity contribution in [1.82, 2.24) is 9.97 Å². The first-order valence-corrected chi connectivity index (χ1v) is 10.3. The summed E-state index contributed by atoms with van der Waals surface area (Å²) < 4.78 is 5.38. The number of hydrogen-bond donors (Lipinski definition) is 1. The number of methoxy groups -OCH3 is 1. The molecule has 0 radical (unpaired) electrons. The van der Waals surface area contributed by atoms with Crippen molar-refractivity contribution < 1.29 is 4.74 Å². The SMILES string of the molecule is COc1ccc2c(c1)CCN(c1cc(C3CC3)nc(NC3CCCC3)n1)C2. The fraction of sp³-hybridized carbons (Fsp3) is 0.545. The van der Waals surface area contributed by atoms with Crippen LogP contribution >= 0.6 is 0 Å². The van der Waals surface area contributed by atoms with E-state index in [0.29, 0.717) is 12.0 Å². The Hall–Kier alpha value is -2.30. The Kier molecular flexibility index (Phi) is 4.38. The molecule has 2 aromatic rings. The first-order chi connectivity index (χ1) is 13.3. The van der Waals surface area contributed by atoms with Gasteiger partial charge in [0.1, 0.15) is 11.6 Å². The lowest BCUT2D eigenvalue weighted by molar-refractivity contribution is 0.413. The first-order valence-electron chi connectivity index (χ1n) is 10.3. The molecule has 2 aliphatic carbocycles. The molecule has 0 atom stereocenters. The Labute approximate surface area is 161 Å². The fourth-order valence-electron chi connectivity index (χ4n) is 4.37. The van der Waals surface area contributed by atoms with E-state index in [0.717, 1.165) is 37.0 Å². The van der Waals surface area contributed by atoms with Gasteiger partial charge in [0.05, 0.1) is 12.8 Å². The van der Waals surface area contributed by atoms with Crippen molar-refractivity contribution in [2.45, 2.75) is 63.5 Å². The number of anilines is 2. The maximum atomic E-state index is 5.38. The molecule has 1 aromatic carbocycles. The van der Waals surface area contributed by atoms with Gasteiger partial charge in [0.15, 0.2) is 0 Å². The monoisotopic (exact) mass is 364 g/mol. The first kappa shape index (κ1) is 16.8. The second kappa shape index (κ2) is 7.02. The van der Waals surface area contributed by atoms with Crippen molar-refractivity contribution >= 4 is 11.8 Å². The van der Waals surface area contributed by atoms with Crippen LogP contribution in [0.2, 0.25) is 0 Å². The topological polar surface area (TPSA) is 50.3 Å². The molecule has 0 bridgehead atoms.